The van der Waals surface area contributed by atoms with Crippen molar-refractivity contribution in [3.63, 3.8) is 0 Å². The molecular formula is C27H27N3O. The van der Waals surface area contributed by atoms with E-state index >= 15 is 0 Å². The number of aryl methyl sites for hydroxylation is 3. The molecule has 2 heterocycles. The highest BCUT2D eigenvalue weighted by Crippen LogP contribution is 2.34. The summed E-state index contributed by atoms with van der Waals surface area (Å²) in [6.07, 6.45) is 2.37. The van der Waals surface area contributed by atoms with Gasteiger partial charge in [-0.3, -0.25) is 4.79 Å². The van der Waals surface area contributed by atoms with E-state index in [0.717, 1.165) is 41.9 Å². The zero-order valence-electron chi connectivity index (χ0n) is 17.9. The molecule has 1 atom stereocenters. The molecule has 0 unspecified atom stereocenters. The van der Waals surface area contributed by atoms with Crippen molar-refractivity contribution < 1.29 is 4.79 Å². The van der Waals surface area contributed by atoms with Gasteiger partial charge in [-0.05, 0) is 42.2 Å². The molecular weight excluding hydrogens is 382 g/mol. The molecule has 0 radical (unpaired) electrons. The first-order chi connectivity index (χ1) is 15.2. The normalized spacial score (nSPS) is 16.4. The van der Waals surface area contributed by atoms with Gasteiger partial charge in [0, 0.05) is 31.1 Å². The van der Waals surface area contributed by atoms with Crippen LogP contribution in [0.15, 0.2) is 78.9 Å². The second kappa shape index (κ2) is 8.38. The molecule has 1 saturated heterocycles. The molecule has 0 aliphatic carbocycles. The topological polar surface area (TPSA) is 38.1 Å². The predicted octanol–water partition coefficient (Wildman–Crippen LogP) is 5.36. The third kappa shape index (κ3) is 3.74. The van der Waals surface area contributed by atoms with Crippen LogP contribution in [0.5, 0.6) is 0 Å². The van der Waals surface area contributed by atoms with Crippen molar-refractivity contribution in [1.82, 2.24) is 9.55 Å². The minimum atomic E-state index is 0.0978. The fourth-order valence-corrected chi connectivity index (χ4v) is 4.71. The second-order valence-corrected chi connectivity index (χ2v) is 8.23. The first kappa shape index (κ1) is 19.6. The molecule has 0 N–H and O–H groups in total. The maximum atomic E-state index is 13.0. The Morgan fingerprint density at radius 2 is 1.68 bits per heavy atom. The van der Waals surface area contributed by atoms with Crippen LogP contribution in [0, 0.1) is 0 Å². The number of amides is 1. The molecule has 1 amide bonds. The SMILES string of the molecule is CCc1ccccc1N1C[C@@H](c2nc3ccccc3n2CCc2ccccc2)CC1=O. The molecule has 5 rings (SSSR count). The Bertz CT molecular complexity index is 1210. The van der Waals surface area contributed by atoms with Crippen molar-refractivity contribution in [2.24, 2.45) is 0 Å². The predicted molar refractivity (Wildman–Crippen MR) is 125 cm³/mol. The van der Waals surface area contributed by atoms with Crippen LogP contribution in [0.25, 0.3) is 11.0 Å². The van der Waals surface area contributed by atoms with Crippen LogP contribution in [-0.2, 0) is 24.2 Å². The van der Waals surface area contributed by atoms with Crippen LogP contribution in [0.2, 0.25) is 0 Å². The number of carbonyl (C=O) groups excluding carboxylic acids is 1. The number of hydrogen-bond acceptors (Lipinski definition) is 2. The summed E-state index contributed by atoms with van der Waals surface area (Å²) in [6.45, 7) is 3.68. The number of para-hydroxylation sites is 3. The van der Waals surface area contributed by atoms with Gasteiger partial charge in [-0.15, -0.1) is 0 Å². The van der Waals surface area contributed by atoms with Gasteiger partial charge in [0.2, 0.25) is 5.91 Å². The van der Waals surface area contributed by atoms with E-state index in [-0.39, 0.29) is 11.8 Å². The fraction of sp³-hybridized carbons (Fsp3) is 0.259. The van der Waals surface area contributed by atoms with Crippen molar-refractivity contribution in [1.29, 1.82) is 0 Å². The van der Waals surface area contributed by atoms with Crippen molar-refractivity contribution >= 4 is 22.6 Å². The third-order valence-corrected chi connectivity index (χ3v) is 6.30. The zero-order valence-corrected chi connectivity index (χ0v) is 17.9. The lowest BCUT2D eigenvalue weighted by molar-refractivity contribution is -0.117. The van der Waals surface area contributed by atoms with E-state index in [1.54, 1.807) is 0 Å². The number of hydrogen-bond donors (Lipinski definition) is 0. The van der Waals surface area contributed by atoms with Gasteiger partial charge < -0.3 is 9.47 Å². The van der Waals surface area contributed by atoms with Crippen LogP contribution in [-0.4, -0.2) is 22.0 Å². The molecule has 4 aromatic rings. The van der Waals surface area contributed by atoms with Gasteiger partial charge in [-0.1, -0.05) is 67.6 Å². The maximum Gasteiger partial charge on any atom is 0.227 e. The maximum absolute atomic E-state index is 13.0. The number of nitrogens with zero attached hydrogens (tertiary/aromatic N) is 3. The summed E-state index contributed by atoms with van der Waals surface area (Å²) in [7, 11) is 0. The van der Waals surface area contributed by atoms with Crippen molar-refractivity contribution in [3.8, 4) is 0 Å². The summed E-state index contributed by atoms with van der Waals surface area (Å²) >= 11 is 0. The second-order valence-electron chi connectivity index (χ2n) is 8.23. The number of imidazole rings is 1. The van der Waals surface area contributed by atoms with Gasteiger partial charge in [-0.25, -0.2) is 4.98 Å². The average Bonchev–Trinajstić information content (AvgIpc) is 3.38. The number of aromatic nitrogens is 2. The van der Waals surface area contributed by atoms with E-state index < -0.39 is 0 Å². The summed E-state index contributed by atoms with van der Waals surface area (Å²) in [4.78, 5) is 20.0. The van der Waals surface area contributed by atoms with Gasteiger partial charge >= 0.3 is 0 Å². The van der Waals surface area contributed by atoms with Gasteiger partial charge in [0.05, 0.1) is 11.0 Å². The Labute approximate surface area is 183 Å². The lowest BCUT2D eigenvalue weighted by Crippen LogP contribution is -2.25. The standard InChI is InChI=1S/C27H27N3O/c1-2-21-12-6-8-14-24(21)30-19-22(18-26(30)31)27-28-23-13-7-9-15-25(23)29(27)17-16-20-10-4-3-5-11-20/h3-15,22H,2,16-19H2,1H3/t22-/m0/s1. The van der Waals surface area contributed by atoms with E-state index in [1.165, 1.54) is 11.1 Å². The molecule has 1 aliphatic heterocycles. The molecule has 3 aromatic carbocycles. The molecule has 1 aliphatic rings. The number of fused-ring (bicyclic) bond motifs is 1. The lowest BCUT2D eigenvalue weighted by atomic mass is 10.1. The Hall–Kier alpha value is -3.40. The summed E-state index contributed by atoms with van der Waals surface area (Å²) < 4.78 is 2.33. The Balaban J connectivity index is 1.48. The van der Waals surface area contributed by atoms with Crippen molar-refractivity contribution in [3.05, 3.63) is 95.8 Å². The first-order valence-corrected chi connectivity index (χ1v) is 11.1. The highest BCUT2D eigenvalue weighted by atomic mass is 16.2. The molecule has 31 heavy (non-hydrogen) atoms. The van der Waals surface area contributed by atoms with E-state index in [9.17, 15) is 4.79 Å². The number of anilines is 1. The largest absolute Gasteiger partial charge is 0.327 e. The van der Waals surface area contributed by atoms with E-state index in [2.05, 4.69) is 72.2 Å². The van der Waals surface area contributed by atoms with Crippen LogP contribution in [0.3, 0.4) is 0 Å². The quantitative estimate of drug-likeness (QED) is 0.430. The van der Waals surface area contributed by atoms with Gasteiger partial charge in [0.1, 0.15) is 5.82 Å². The number of rotatable bonds is 6. The highest BCUT2D eigenvalue weighted by molar-refractivity contribution is 5.97. The van der Waals surface area contributed by atoms with Crippen LogP contribution >= 0.6 is 0 Å². The summed E-state index contributed by atoms with van der Waals surface area (Å²) in [5, 5.41) is 0. The van der Waals surface area contributed by atoms with Crippen LogP contribution in [0.4, 0.5) is 5.69 Å². The minimum Gasteiger partial charge on any atom is -0.327 e. The smallest absolute Gasteiger partial charge is 0.227 e. The molecule has 156 valence electrons. The van der Waals surface area contributed by atoms with Crippen molar-refractivity contribution in [2.45, 2.75) is 38.6 Å². The monoisotopic (exact) mass is 409 g/mol. The highest BCUT2D eigenvalue weighted by Gasteiger charge is 2.35. The lowest BCUT2D eigenvalue weighted by Gasteiger charge is -2.20. The van der Waals surface area contributed by atoms with Gasteiger partial charge in [-0.2, -0.15) is 0 Å². The minimum absolute atomic E-state index is 0.0978. The van der Waals surface area contributed by atoms with E-state index in [1.807, 2.05) is 23.1 Å². The number of carbonyl (C=O) groups is 1. The molecule has 4 heteroatoms. The molecule has 0 saturated carbocycles. The van der Waals surface area contributed by atoms with Crippen LogP contribution in [0.1, 0.15) is 36.2 Å². The summed E-state index contributed by atoms with van der Waals surface area (Å²) in [5.74, 6) is 1.31. The Morgan fingerprint density at radius 3 is 2.52 bits per heavy atom. The van der Waals surface area contributed by atoms with Gasteiger partial charge in [0.15, 0.2) is 0 Å². The van der Waals surface area contributed by atoms with E-state index in [0.29, 0.717) is 13.0 Å². The Morgan fingerprint density at radius 1 is 0.935 bits per heavy atom. The molecule has 0 bridgehead atoms. The fourth-order valence-electron chi connectivity index (χ4n) is 4.71. The summed E-state index contributed by atoms with van der Waals surface area (Å²) in [6, 6.07) is 27.1. The summed E-state index contributed by atoms with van der Waals surface area (Å²) in [5.41, 5.74) is 5.73. The molecule has 1 fully saturated rings. The molecule has 1 aromatic heterocycles. The first-order valence-electron chi connectivity index (χ1n) is 11.1. The molecule has 0 spiro atoms. The van der Waals surface area contributed by atoms with Crippen molar-refractivity contribution in [2.75, 3.05) is 11.4 Å². The van der Waals surface area contributed by atoms with Crippen LogP contribution < -0.4 is 4.90 Å². The molecule has 4 nitrogen and oxygen atoms in total. The zero-order chi connectivity index (χ0) is 21.2. The Kier molecular flexibility index (Phi) is 5.29. The third-order valence-electron chi connectivity index (χ3n) is 6.30. The van der Waals surface area contributed by atoms with E-state index in [4.69, 9.17) is 4.98 Å². The average molecular weight is 410 g/mol. The number of benzene rings is 3. The van der Waals surface area contributed by atoms with Gasteiger partial charge in [0.25, 0.3) is 0 Å².